The normalized spacial score (nSPS) is 14.8. The number of carbonyl (C=O) groups excluding carboxylic acids is 1. The van der Waals surface area contributed by atoms with Crippen LogP contribution in [0.25, 0.3) is 0 Å². The first kappa shape index (κ1) is 21.0. The molecule has 0 aromatic heterocycles. The summed E-state index contributed by atoms with van der Waals surface area (Å²) in [6.45, 7) is 4.11. The van der Waals surface area contributed by atoms with Crippen LogP contribution in [0.4, 0.5) is 13.2 Å². The van der Waals surface area contributed by atoms with Crippen LogP contribution in [0.3, 0.4) is 0 Å². The smallest absolute Gasteiger partial charge is 0.494 e. The fourth-order valence-corrected chi connectivity index (χ4v) is 3.56. The van der Waals surface area contributed by atoms with Crippen LogP contribution in [-0.4, -0.2) is 30.3 Å². The van der Waals surface area contributed by atoms with Crippen LogP contribution < -0.4 is 15.2 Å². The van der Waals surface area contributed by atoms with Gasteiger partial charge in [0.05, 0.1) is 6.61 Å². The molecule has 0 spiro atoms. The van der Waals surface area contributed by atoms with Gasteiger partial charge in [-0.2, -0.15) is 0 Å². The number of ether oxygens (including phenoxy) is 2. The van der Waals surface area contributed by atoms with E-state index < -0.39 is 12.3 Å². The first-order chi connectivity index (χ1) is 13.7. The third-order valence-electron chi connectivity index (χ3n) is 4.73. The highest BCUT2D eigenvalue weighted by molar-refractivity contribution is 5.93. The Hall–Kier alpha value is -2.74. The molecule has 1 heterocycles. The Morgan fingerprint density at radius 1 is 1.24 bits per heavy atom. The first-order valence-corrected chi connectivity index (χ1v) is 9.40. The molecule has 0 radical (unpaired) electrons. The monoisotopic (exact) mass is 408 g/mol. The van der Waals surface area contributed by atoms with Crippen LogP contribution in [0.15, 0.2) is 36.4 Å². The number of rotatable bonds is 6. The summed E-state index contributed by atoms with van der Waals surface area (Å²) in [5.41, 5.74) is 8.58. The number of halogens is 3. The topological polar surface area (TPSA) is 64.8 Å². The molecule has 0 saturated carbocycles. The Labute approximate surface area is 167 Å². The van der Waals surface area contributed by atoms with Crippen molar-refractivity contribution in [3.63, 3.8) is 0 Å². The van der Waals surface area contributed by atoms with E-state index in [0.29, 0.717) is 31.0 Å². The third-order valence-corrected chi connectivity index (χ3v) is 4.73. The second kappa shape index (κ2) is 8.73. The molecule has 0 saturated heterocycles. The Morgan fingerprint density at radius 3 is 2.72 bits per heavy atom. The molecule has 8 heteroatoms. The number of alkyl halides is 3. The number of fused-ring (bicyclic) bond motifs is 1. The number of amides is 1. The number of benzene rings is 2. The number of carbonyl (C=O) groups is 1. The highest BCUT2D eigenvalue weighted by atomic mass is 19.4. The molecule has 5 nitrogen and oxygen atoms in total. The molecule has 0 aliphatic carbocycles. The molecule has 1 amide bonds. The van der Waals surface area contributed by atoms with Gasteiger partial charge in [0.2, 0.25) is 5.91 Å². The van der Waals surface area contributed by atoms with Crippen molar-refractivity contribution in [2.75, 3.05) is 13.2 Å². The van der Waals surface area contributed by atoms with Crippen molar-refractivity contribution >= 4 is 5.91 Å². The van der Waals surface area contributed by atoms with Gasteiger partial charge in [-0.15, -0.1) is 13.2 Å². The van der Waals surface area contributed by atoms with Crippen LogP contribution in [0.1, 0.15) is 40.4 Å². The summed E-state index contributed by atoms with van der Waals surface area (Å²) < 4.78 is 47.2. The highest BCUT2D eigenvalue weighted by Gasteiger charge is 2.31. The SMILES string of the molecule is CCOc1cc(C(N)=O)cc2c1CN(Cc1cccc(OC(F)(F)F)c1)CCC2. The van der Waals surface area contributed by atoms with Crippen molar-refractivity contribution in [3.05, 3.63) is 58.7 Å². The standard InChI is InChI=1S/C21H23F3N2O3/c1-2-28-19-11-16(20(25)27)10-15-6-4-8-26(13-18(15)19)12-14-5-3-7-17(9-14)29-21(22,23)24/h3,5,7,9-11H,2,4,6,8,12-13H2,1H3,(H2,25,27). The molecule has 29 heavy (non-hydrogen) atoms. The minimum absolute atomic E-state index is 0.230. The van der Waals surface area contributed by atoms with Crippen molar-refractivity contribution in [2.24, 2.45) is 5.73 Å². The lowest BCUT2D eigenvalue weighted by atomic mass is 9.99. The zero-order chi connectivity index (χ0) is 21.0. The number of primary amides is 1. The van der Waals surface area contributed by atoms with Gasteiger partial charge in [0.15, 0.2) is 0 Å². The van der Waals surface area contributed by atoms with Gasteiger partial charge in [-0.05, 0) is 61.7 Å². The molecule has 1 aliphatic rings. The number of hydrogen-bond acceptors (Lipinski definition) is 4. The van der Waals surface area contributed by atoms with E-state index in [1.165, 1.54) is 12.1 Å². The van der Waals surface area contributed by atoms with Crippen molar-refractivity contribution in [1.29, 1.82) is 0 Å². The predicted octanol–water partition coefficient (Wildman–Crippen LogP) is 4.03. The molecular weight excluding hydrogens is 385 g/mol. The molecule has 3 rings (SSSR count). The van der Waals surface area contributed by atoms with Gasteiger partial charge in [0.25, 0.3) is 0 Å². The fourth-order valence-electron chi connectivity index (χ4n) is 3.56. The molecule has 1 aliphatic heterocycles. The third kappa shape index (κ3) is 5.63. The summed E-state index contributed by atoms with van der Waals surface area (Å²) in [5.74, 6) is -0.109. The Morgan fingerprint density at radius 2 is 2.03 bits per heavy atom. The molecular formula is C21H23F3N2O3. The van der Waals surface area contributed by atoms with Crippen LogP contribution >= 0.6 is 0 Å². The van der Waals surface area contributed by atoms with Gasteiger partial charge in [-0.25, -0.2) is 0 Å². The second-order valence-electron chi connectivity index (χ2n) is 6.92. The van der Waals surface area contributed by atoms with Gasteiger partial charge in [0, 0.05) is 24.2 Å². The largest absolute Gasteiger partial charge is 0.573 e. The van der Waals surface area contributed by atoms with E-state index in [-0.39, 0.29) is 5.75 Å². The zero-order valence-corrected chi connectivity index (χ0v) is 16.1. The van der Waals surface area contributed by atoms with Crippen molar-refractivity contribution in [3.8, 4) is 11.5 Å². The van der Waals surface area contributed by atoms with E-state index in [1.807, 2.05) is 13.0 Å². The van der Waals surface area contributed by atoms with Crippen LogP contribution in [-0.2, 0) is 19.5 Å². The van der Waals surface area contributed by atoms with E-state index in [4.69, 9.17) is 10.5 Å². The molecule has 0 bridgehead atoms. The van der Waals surface area contributed by atoms with Gasteiger partial charge in [-0.3, -0.25) is 9.69 Å². The lowest BCUT2D eigenvalue weighted by Crippen LogP contribution is -2.23. The van der Waals surface area contributed by atoms with E-state index in [1.54, 1.807) is 18.2 Å². The molecule has 2 aromatic carbocycles. The summed E-state index contributed by atoms with van der Waals surface area (Å²) in [5, 5.41) is 0. The summed E-state index contributed by atoms with van der Waals surface area (Å²) in [6, 6.07) is 9.47. The van der Waals surface area contributed by atoms with Crippen LogP contribution in [0, 0.1) is 0 Å². The maximum absolute atomic E-state index is 12.5. The minimum atomic E-state index is -4.72. The Bertz CT molecular complexity index is 884. The van der Waals surface area contributed by atoms with Gasteiger partial charge < -0.3 is 15.2 Å². The van der Waals surface area contributed by atoms with Gasteiger partial charge in [0.1, 0.15) is 11.5 Å². The first-order valence-electron chi connectivity index (χ1n) is 9.40. The van der Waals surface area contributed by atoms with Crippen molar-refractivity contribution < 1.29 is 27.4 Å². The van der Waals surface area contributed by atoms with E-state index >= 15 is 0 Å². The summed E-state index contributed by atoms with van der Waals surface area (Å²) in [6.07, 6.45) is -3.10. The van der Waals surface area contributed by atoms with Gasteiger partial charge >= 0.3 is 6.36 Å². The molecule has 0 atom stereocenters. The lowest BCUT2D eigenvalue weighted by molar-refractivity contribution is -0.274. The van der Waals surface area contributed by atoms with E-state index in [2.05, 4.69) is 9.64 Å². The van der Waals surface area contributed by atoms with E-state index in [9.17, 15) is 18.0 Å². The minimum Gasteiger partial charge on any atom is -0.494 e. The maximum Gasteiger partial charge on any atom is 0.573 e. The fraction of sp³-hybridized carbons (Fsp3) is 0.381. The molecule has 0 fully saturated rings. The Kier molecular flexibility index (Phi) is 6.32. The van der Waals surface area contributed by atoms with Crippen LogP contribution in [0.5, 0.6) is 11.5 Å². The quantitative estimate of drug-likeness (QED) is 0.784. The molecule has 2 N–H and O–H groups in total. The Balaban J connectivity index is 1.83. The predicted molar refractivity (Wildman–Crippen MR) is 102 cm³/mol. The molecule has 156 valence electrons. The summed E-state index contributed by atoms with van der Waals surface area (Å²) >= 11 is 0. The van der Waals surface area contributed by atoms with Crippen molar-refractivity contribution in [1.82, 2.24) is 4.90 Å². The summed E-state index contributed by atoms with van der Waals surface area (Å²) in [7, 11) is 0. The highest BCUT2D eigenvalue weighted by Crippen LogP contribution is 2.31. The van der Waals surface area contributed by atoms with E-state index in [0.717, 1.165) is 36.1 Å². The number of aryl methyl sites for hydroxylation is 1. The van der Waals surface area contributed by atoms with Gasteiger partial charge in [-0.1, -0.05) is 12.1 Å². The molecule has 2 aromatic rings. The van der Waals surface area contributed by atoms with Crippen LogP contribution in [0.2, 0.25) is 0 Å². The average molecular weight is 408 g/mol. The number of hydrogen-bond donors (Lipinski definition) is 1. The zero-order valence-electron chi connectivity index (χ0n) is 16.1. The number of nitrogens with zero attached hydrogens (tertiary/aromatic N) is 1. The summed E-state index contributed by atoms with van der Waals surface area (Å²) in [4.78, 5) is 13.8. The maximum atomic E-state index is 12.5. The second-order valence-corrected chi connectivity index (χ2v) is 6.92. The van der Waals surface area contributed by atoms with Crippen molar-refractivity contribution in [2.45, 2.75) is 39.2 Å². The molecule has 0 unspecified atom stereocenters. The lowest BCUT2D eigenvalue weighted by Gasteiger charge is -2.22. The number of nitrogens with two attached hydrogens (primary N) is 1. The average Bonchev–Trinajstić information content (AvgIpc) is 2.82.